The van der Waals surface area contributed by atoms with Crippen molar-refractivity contribution in [3.05, 3.63) is 222 Å². The Balaban J connectivity index is 0.000000243. The number of esters is 1. The van der Waals surface area contributed by atoms with E-state index >= 15 is 0 Å². The number of alkyl carbamates (subject to hydrolysis) is 1. The SMILES string of the molecule is COC(=O)[C@H](N)Cc1ccc(Cl)nc1Cl.COC1=N[C@@H](C(C)C)C(OC)=NC1.COC1=N[C@H](Cc2ccc(Cl)nc2Cl)C(OC)=N[C@H]1C(C)C.Clc1ccc(CBr)c(Cl)n1.N[C@@H](CO)Cc1ccc(Cl)nc1Cl.N[C@H]1COc2nc(Cl)ccc2C1.O=C(N[C@H]1COc2nc(Cl)ccc2C1)OCc1ccccc1.OCc1ccc(Cl)nc1Cl. The summed E-state index contributed by atoms with van der Waals surface area (Å²) in [4.78, 5) is 68.2. The standard InChI is InChI=1S/C16H15ClN2O3.C15H19Cl2N3O2.C9H10Cl2N2O2.C9H16N2O2.C8H10Cl2N2O.C8H9ClN2O.C6H4BrCl2N.C6H5Cl2NO/c17-14-7-6-12-8-13(10-21-15(12)19-14)18-16(20)22-9-11-4-2-1-3-5-11;1-8(2)12-15(22-4)18-10(14(20-12)21-3)7-9-5-6-11(16)19-13(9)17;1-15-9(14)6(12)4-5-2-3-7(10)13-8(5)11;1-6(2)8-9(13-4)10-5-7(11-8)12-3;9-7-2-1-5(8(10)12-7)3-6(11)4-13;9-7-2-1-5-3-6(10)4-12-8(5)11-7;7-3-4-1-2-5(8)10-6(4)9;7-5-2-1-4(3-10)6(8)9-5/h1-7,13H,8-10H2,(H,18,20);5-6,8,10,12H,7H2,1-4H3;2-3,6H,4,12H2,1H3;6,8H,5H2,1-4H3;1-2,6,13H,3-4,11H2;1-2,6H,3-4,10H2;1-2H,3H2;1-2,10H,3H2/t13-;10-,12+;6-;8-;2*6-;;/m111011../s1. The van der Waals surface area contributed by atoms with Gasteiger partial charge in [0.25, 0.3) is 0 Å². The Morgan fingerprint density at radius 2 is 0.966 bits per heavy atom. The normalized spacial score (nSPS) is 16.5. The molecule has 7 aromatic heterocycles. The van der Waals surface area contributed by atoms with Crippen LogP contribution in [0.4, 0.5) is 4.79 Å². The Kier molecular flexibility index (Phi) is 45.8. The van der Waals surface area contributed by atoms with Crippen LogP contribution in [0, 0.1) is 11.8 Å². The molecule has 12 rings (SSSR count). The Morgan fingerprint density at radius 3 is 1.42 bits per heavy atom. The second-order valence-corrected chi connectivity index (χ2v) is 30.7. The van der Waals surface area contributed by atoms with E-state index in [-0.39, 0.29) is 78.7 Å². The molecule has 0 saturated carbocycles. The molecule has 117 heavy (non-hydrogen) atoms. The number of amides is 1. The largest absolute Gasteiger partial charge is 0.483 e. The number of ether oxygens (including phenoxy) is 8. The van der Waals surface area contributed by atoms with Crippen molar-refractivity contribution in [2.24, 2.45) is 49.0 Å². The molecule has 0 unspecified atom stereocenters. The van der Waals surface area contributed by atoms with Gasteiger partial charge in [-0.05, 0) is 89.4 Å². The number of aliphatic hydroxyl groups is 2. The third-order valence-corrected chi connectivity index (χ3v) is 19.8. The fourth-order valence-corrected chi connectivity index (χ4v) is 13.1. The molecule has 4 aliphatic rings. The zero-order chi connectivity index (χ0) is 86.4. The molecular formula is C77H88BrCl12N15O12. The van der Waals surface area contributed by atoms with Gasteiger partial charge in [0.2, 0.25) is 35.4 Å². The molecular weight excluding hydrogens is 1830 g/mol. The molecule has 27 nitrogen and oxygen atoms in total. The summed E-state index contributed by atoms with van der Waals surface area (Å²) in [6.07, 6.45) is 2.30. The predicted octanol–water partition coefficient (Wildman–Crippen LogP) is 16.3. The monoisotopic (exact) mass is 1910 g/mol. The molecule has 634 valence electrons. The lowest BCUT2D eigenvalue weighted by molar-refractivity contribution is -0.142. The second-order valence-electron chi connectivity index (χ2n) is 25.6. The Labute approximate surface area is 747 Å². The number of aliphatic hydroxyl groups excluding tert-OH is 2. The van der Waals surface area contributed by atoms with E-state index in [1.54, 1.807) is 89.1 Å². The average Bonchev–Trinajstić information content (AvgIpc) is 0.811. The fourth-order valence-electron chi connectivity index (χ4n) is 10.1. The van der Waals surface area contributed by atoms with Crippen LogP contribution in [0.15, 0.2) is 135 Å². The van der Waals surface area contributed by atoms with E-state index in [1.807, 2.05) is 54.6 Å². The summed E-state index contributed by atoms with van der Waals surface area (Å²) in [6.45, 7) is 9.73. The molecule has 8 aromatic rings. The van der Waals surface area contributed by atoms with Gasteiger partial charge in [-0.25, -0.2) is 59.7 Å². The zero-order valence-corrected chi connectivity index (χ0v) is 75.4. The number of pyridine rings is 7. The van der Waals surface area contributed by atoms with Gasteiger partial charge in [-0.1, -0.05) is 256 Å². The second kappa shape index (κ2) is 53.1. The molecule has 1 amide bonds. The zero-order valence-electron chi connectivity index (χ0n) is 64.7. The van der Waals surface area contributed by atoms with Crippen molar-refractivity contribution in [3.63, 3.8) is 0 Å². The molecule has 0 radical (unpaired) electrons. The number of carbonyl (C=O) groups is 2. The van der Waals surface area contributed by atoms with Crippen LogP contribution in [0.5, 0.6) is 11.8 Å². The smallest absolute Gasteiger partial charge is 0.407 e. The summed E-state index contributed by atoms with van der Waals surface area (Å²) in [6, 6.07) is 32.2. The van der Waals surface area contributed by atoms with Crippen molar-refractivity contribution < 1.29 is 57.7 Å². The predicted molar refractivity (Wildman–Crippen MR) is 468 cm³/mol. The Bertz CT molecular complexity index is 4560. The summed E-state index contributed by atoms with van der Waals surface area (Å²) in [5.41, 5.74) is 23.6. The van der Waals surface area contributed by atoms with Crippen molar-refractivity contribution in [2.75, 3.05) is 61.9 Å². The van der Waals surface area contributed by atoms with Crippen LogP contribution in [-0.4, -0.2) is 185 Å². The van der Waals surface area contributed by atoms with Crippen molar-refractivity contribution in [1.29, 1.82) is 0 Å². The first-order chi connectivity index (χ1) is 55.7. The number of rotatable bonds is 15. The number of carbonyl (C=O) groups excluding carboxylic acids is 2. The summed E-state index contributed by atoms with van der Waals surface area (Å²) in [7, 11) is 7.72. The van der Waals surface area contributed by atoms with Crippen LogP contribution in [0.2, 0.25) is 61.8 Å². The molecule has 1 aromatic carbocycles. The van der Waals surface area contributed by atoms with E-state index in [0.29, 0.717) is 148 Å². The fraction of sp³-hybridized carbons (Fsp3) is 0.390. The Hall–Kier alpha value is -6.75. The first-order valence-corrected chi connectivity index (χ1v) is 41.0. The van der Waals surface area contributed by atoms with Gasteiger partial charge in [-0.3, -0.25) is 4.79 Å². The number of nitrogens with two attached hydrogens (primary N) is 3. The van der Waals surface area contributed by atoms with Gasteiger partial charge in [0.15, 0.2) is 0 Å². The number of aliphatic imine (C=N–C) groups is 4. The average molecular weight is 1920 g/mol. The highest BCUT2D eigenvalue weighted by atomic mass is 79.9. The van der Waals surface area contributed by atoms with Crippen LogP contribution in [0.1, 0.15) is 72.2 Å². The van der Waals surface area contributed by atoms with Crippen LogP contribution < -0.4 is 32.0 Å². The van der Waals surface area contributed by atoms with Crippen LogP contribution in [-0.2, 0) is 83.9 Å². The summed E-state index contributed by atoms with van der Waals surface area (Å²) in [5.74, 6) is 3.89. The number of alkyl halides is 1. The molecule has 4 aliphatic heterocycles. The topological polar surface area (TPSA) is 378 Å². The van der Waals surface area contributed by atoms with E-state index in [4.69, 9.17) is 200 Å². The highest BCUT2D eigenvalue weighted by Gasteiger charge is 2.32. The molecule has 0 spiro atoms. The summed E-state index contributed by atoms with van der Waals surface area (Å²) >= 11 is 71.9. The highest BCUT2D eigenvalue weighted by molar-refractivity contribution is 9.08. The van der Waals surface area contributed by atoms with Gasteiger partial charge < -0.3 is 70.6 Å². The van der Waals surface area contributed by atoms with Gasteiger partial charge in [0, 0.05) is 58.9 Å². The maximum Gasteiger partial charge on any atom is 0.407 e. The van der Waals surface area contributed by atoms with E-state index < -0.39 is 18.1 Å². The molecule has 7 atom stereocenters. The van der Waals surface area contributed by atoms with Gasteiger partial charge >= 0.3 is 12.1 Å². The highest BCUT2D eigenvalue weighted by Crippen LogP contribution is 2.29. The quantitative estimate of drug-likeness (QED) is 0.0315. The number of fused-ring (bicyclic) bond motifs is 2. The van der Waals surface area contributed by atoms with Gasteiger partial charge in [0.1, 0.15) is 112 Å². The lowest BCUT2D eigenvalue weighted by Gasteiger charge is -2.27. The minimum Gasteiger partial charge on any atom is -0.483 e. The maximum atomic E-state index is 11.8. The number of nitrogens with one attached hydrogen (secondary N) is 1. The van der Waals surface area contributed by atoms with Crippen LogP contribution in [0.3, 0.4) is 0 Å². The van der Waals surface area contributed by atoms with Crippen molar-refractivity contribution in [3.8, 4) is 11.8 Å². The Morgan fingerprint density at radius 1 is 0.521 bits per heavy atom. The minimum atomic E-state index is -0.740. The van der Waals surface area contributed by atoms with E-state index in [0.717, 1.165) is 39.8 Å². The lowest BCUT2D eigenvalue weighted by atomic mass is 10.0. The van der Waals surface area contributed by atoms with Crippen LogP contribution in [0.25, 0.3) is 0 Å². The van der Waals surface area contributed by atoms with E-state index in [1.165, 1.54) is 7.11 Å². The lowest BCUT2D eigenvalue weighted by Crippen LogP contribution is -2.43. The van der Waals surface area contributed by atoms with Gasteiger partial charge in [-0.2, -0.15) is 0 Å². The van der Waals surface area contributed by atoms with Crippen molar-refractivity contribution >= 4 is 191 Å². The molecule has 0 fully saturated rings. The number of aromatic nitrogens is 7. The van der Waals surface area contributed by atoms with E-state index in [9.17, 15) is 9.59 Å². The summed E-state index contributed by atoms with van der Waals surface area (Å²) in [5, 5.41) is 25.2. The molecule has 40 heteroatoms. The number of hydrogen-bond acceptors (Lipinski definition) is 26. The number of hydrogen-bond donors (Lipinski definition) is 6. The van der Waals surface area contributed by atoms with Crippen LogP contribution >= 0.6 is 155 Å². The van der Waals surface area contributed by atoms with Crippen molar-refractivity contribution in [2.45, 2.75) is 121 Å². The molecule has 0 aliphatic carbocycles. The summed E-state index contributed by atoms with van der Waals surface area (Å²) < 4.78 is 41.5. The molecule has 0 saturated heterocycles. The number of benzene rings is 1. The maximum absolute atomic E-state index is 11.8. The first kappa shape index (κ1) is 101. The molecule has 9 N–H and O–H groups in total. The van der Waals surface area contributed by atoms with Gasteiger partial charge in [-0.15, -0.1) is 0 Å². The van der Waals surface area contributed by atoms with Crippen molar-refractivity contribution in [1.82, 2.24) is 40.2 Å². The van der Waals surface area contributed by atoms with E-state index in [2.05, 4.69) is 109 Å². The first-order valence-electron chi connectivity index (χ1n) is 35.4. The number of halogens is 13. The molecule has 11 heterocycles. The third-order valence-electron chi connectivity index (χ3n) is 16.1. The third kappa shape index (κ3) is 35.5. The minimum absolute atomic E-state index is 0.00806. The van der Waals surface area contributed by atoms with Gasteiger partial charge in [0.05, 0.1) is 54.8 Å². The number of nitrogens with zero attached hydrogens (tertiary/aromatic N) is 11. The number of methoxy groups -OCH3 is 5. The molecule has 0 bridgehead atoms.